The number of halogens is 1. The number of fused-ring (bicyclic) bond motifs is 1. The molecule has 1 N–H and O–H groups in total. The molecule has 0 fully saturated rings. The van der Waals surface area contributed by atoms with Crippen LogP contribution >= 0.6 is 11.6 Å². The number of nitro groups is 1. The van der Waals surface area contributed by atoms with Gasteiger partial charge in [0, 0.05) is 16.7 Å². The van der Waals surface area contributed by atoms with Crippen molar-refractivity contribution in [2.75, 3.05) is 4.72 Å². The Balaban J connectivity index is 2.77. The first-order chi connectivity index (χ1) is 7.34. The number of nitro benzene ring substituents is 1. The van der Waals surface area contributed by atoms with Gasteiger partial charge in [-0.05, 0) is 13.0 Å². The van der Waals surface area contributed by atoms with Crippen LogP contribution in [0.2, 0.25) is 5.02 Å². The molecule has 16 heavy (non-hydrogen) atoms. The Hall–Kier alpha value is -1.34. The summed E-state index contributed by atoms with van der Waals surface area (Å²) in [6.45, 7) is 1.43. The maximum Gasteiger partial charge on any atom is 0.293 e. The molecule has 1 unspecified atom stereocenters. The number of nitrogens with one attached hydrogen (secondary N) is 1. The van der Waals surface area contributed by atoms with E-state index in [4.69, 9.17) is 11.6 Å². The summed E-state index contributed by atoms with van der Waals surface area (Å²) in [5.74, 6) is 0. The zero-order valence-electron chi connectivity index (χ0n) is 8.10. The second kappa shape index (κ2) is 3.33. The second-order valence-electron chi connectivity index (χ2n) is 3.40. The fourth-order valence-corrected chi connectivity index (χ4v) is 3.24. The second-order valence-corrected chi connectivity index (χ2v) is 5.81. The Labute approximate surface area is 96.4 Å². The lowest BCUT2D eigenvalue weighted by Gasteiger charge is -2.03. The van der Waals surface area contributed by atoms with Gasteiger partial charge in [-0.25, -0.2) is 8.42 Å². The van der Waals surface area contributed by atoms with Gasteiger partial charge in [-0.2, -0.15) is 0 Å². The molecule has 2 rings (SSSR count). The van der Waals surface area contributed by atoms with E-state index in [2.05, 4.69) is 4.72 Å². The lowest BCUT2D eigenvalue weighted by Crippen LogP contribution is -2.10. The molecule has 1 aromatic carbocycles. The van der Waals surface area contributed by atoms with Crippen LogP contribution in [-0.4, -0.2) is 13.3 Å². The van der Waals surface area contributed by atoms with E-state index in [0.29, 0.717) is 0 Å². The molecule has 1 aliphatic rings. The van der Waals surface area contributed by atoms with Gasteiger partial charge in [0.25, 0.3) is 5.69 Å². The monoisotopic (exact) mass is 262 g/mol. The minimum Gasteiger partial charge on any atom is -0.276 e. The summed E-state index contributed by atoms with van der Waals surface area (Å²) in [6.07, 6.45) is 0. The van der Waals surface area contributed by atoms with Crippen molar-refractivity contribution in [2.45, 2.75) is 12.2 Å². The van der Waals surface area contributed by atoms with Gasteiger partial charge in [0.1, 0.15) is 10.9 Å². The largest absolute Gasteiger partial charge is 0.293 e. The fraction of sp³-hybridized carbons (Fsp3) is 0.250. The van der Waals surface area contributed by atoms with E-state index >= 15 is 0 Å². The molecule has 1 atom stereocenters. The highest BCUT2D eigenvalue weighted by atomic mass is 35.5. The van der Waals surface area contributed by atoms with Crippen LogP contribution in [0.4, 0.5) is 11.4 Å². The van der Waals surface area contributed by atoms with Gasteiger partial charge in [-0.15, -0.1) is 0 Å². The molecule has 0 aromatic heterocycles. The van der Waals surface area contributed by atoms with Crippen LogP contribution in [0.15, 0.2) is 12.1 Å². The molecule has 0 saturated heterocycles. The Bertz CT molecular complexity index is 584. The van der Waals surface area contributed by atoms with Gasteiger partial charge < -0.3 is 0 Å². The van der Waals surface area contributed by atoms with Crippen molar-refractivity contribution in [3.8, 4) is 0 Å². The van der Waals surface area contributed by atoms with Crippen molar-refractivity contribution in [2.24, 2.45) is 0 Å². The molecule has 0 aliphatic carbocycles. The van der Waals surface area contributed by atoms with Gasteiger partial charge in [0.05, 0.1) is 4.92 Å². The third-order valence-corrected chi connectivity index (χ3v) is 4.47. The summed E-state index contributed by atoms with van der Waals surface area (Å²) >= 11 is 5.84. The average molecular weight is 263 g/mol. The summed E-state index contributed by atoms with van der Waals surface area (Å²) in [4.78, 5) is 10.1. The number of nitrogens with zero attached hydrogens (tertiary/aromatic N) is 1. The van der Waals surface area contributed by atoms with E-state index in [0.717, 1.165) is 0 Å². The summed E-state index contributed by atoms with van der Waals surface area (Å²) in [5, 5.41) is 10.0. The first kappa shape index (κ1) is 11.2. The molecule has 1 aromatic rings. The summed E-state index contributed by atoms with van der Waals surface area (Å²) < 4.78 is 25.3. The van der Waals surface area contributed by atoms with Gasteiger partial charge >= 0.3 is 0 Å². The lowest BCUT2D eigenvalue weighted by molar-refractivity contribution is -0.383. The molecule has 86 valence electrons. The molecule has 0 bridgehead atoms. The predicted molar refractivity (Wildman–Crippen MR) is 59.1 cm³/mol. The van der Waals surface area contributed by atoms with Crippen LogP contribution in [-0.2, 0) is 10.0 Å². The Morgan fingerprint density at radius 3 is 2.69 bits per heavy atom. The maximum absolute atomic E-state index is 11.6. The highest BCUT2D eigenvalue weighted by Gasteiger charge is 2.39. The molecule has 0 spiro atoms. The Morgan fingerprint density at radius 2 is 2.12 bits per heavy atom. The average Bonchev–Trinajstić information content (AvgIpc) is 2.38. The zero-order chi connectivity index (χ0) is 12.1. The van der Waals surface area contributed by atoms with Gasteiger partial charge in [0.15, 0.2) is 0 Å². The van der Waals surface area contributed by atoms with Gasteiger partial charge in [-0.3, -0.25) is 14.8 Å². The predicted octanol–water partition coefficient (Wildman–Crippen LogP) is 2.06. The van der Waals surface area contributed by atoms with E-state index in [9.17, 15) is 18.5 Å². The molecule has 1 aliphatic heterocycles. The number of sulfonamides is 1. The Kier molecular flexibility index (Phi) is 2.32. The van der Waals surface area contributed by atoms with Crippen LogP contribution in [0.1, 0.15) is 17.7 Å². The zero-order valence-corrected chi connectivity index (χ0v) is 9.67. The molecule has 8 heteroatoms. The number of rotatable bonds is 1. The molecule has 1 heterocycles. The third kappa shape index (κ3) is 1.43. The van der Waals surface area contributed by atoms with Gasteiger partial charge in [0.2, 0.25) is 10.0 Å². The van der Waals surface area contributed by atoms with E-state index < -0.39 is 20.2 Å². The lowest BCUT2D eigenvalue weighted by atomic mass is 10.1. The van der Waals surface area contributed by atoms with Crippen LogP contribution in [0.3, 0.4) is 0 Å². The van der Waals surface area contributed by atoms with Crippen molar-refractivity contribution >= 4 is 33.0 Å². The highest BCUT2D eigenvalue weighted by molar-refractivity contribution is 7.93. The number of hydrogen-bond acceptors (Lipinski definition) is 4. The SMILES string of the molecule is CC1c2c(Cl)ccc([N+](=O)[O-])c2NS1(=O)=O. The number of hydrogen-bond donors (Lipinski definition) is 1. The van der Waals surface area contributed by atoms with Gasteiger partial charge in [-0.1, -0.05) is 11.6 Å². The van der Waals surface area contributed by atoms with E-state index in [-0.39, 0.29) is 22.0 Å². The summed E-state index contributed by atoms with van der Waals surface area (Å²) in [6, 6.07) is 2.51. The summed E-state index contributed by atoms with van der Waals surface area (Å²) in [7, 11) is -3.60. The minimum atomic E-state index is -3.60. The molecule has 6 nitrogen and oxygen atoms in total. The standard InChI is InChI=1S/C8H7ClN2O4S/c1-4-7-5(9)2-3-6(11(12)13)8(7)10-16(4,14)15/h2-4,10H,1H3. The summed E-state index contributed by atoms with van der Waals surface area (Å²) in [5.41, 5.74) is -0.0480. The smallest absolute Gasteiger partial charge is 0.276 e. The Morgan fingerprint density at radius 1 is 1.50 bits per heavy atom. The topological polar surface area (TPSA) is 89.3 Å². The number of benzene rings is 1. The van der Waals surface area contributed by atoms with E-state index in [1.807, 2.05) is 0 Å². The first-order valence-corrected chi connectivity index (χ1v) is 6.25. The fourth-order valence-electron chi connectivity index (χ4n) is 1.63. The maximum atomic E-state index is 11.6. The van der Waals surface area contributed by atoms with E-state index in [1.165, 1.54) is 19.1 Å². The van der Waals surface area contributed by atoms with Crippen molar-refractivity contribution in [3.63, 3.8) is 0 Å². The first-order valence-electron chi connectivity index (χ1n) is 4.33. The highest BCUT2D eigenvalue weighted by Crippen LogP contribution is 2.46. The minimum absolute atomic E-state index is 0.0231. The molecular formula is C8H7ClN2O4S. The van der Waals surface area contributed by atoms with Crippen LogP contribution < -0.4 is 4.72 Å². The quantitative estimate of drug-likeness (QED) is 0.620. The van der Waals surface area contributed by atoms with Crippen molar-refractivity contribution in [1.82, 2.24) is 0 Å². The molecule has 0 radical (unpaired) electrons. The van der Waals surface area contributed by atoms with Crippen LogP contribution in [0, 0.1) is 10.1 Å². The molecule has 0 amide bonds. The van der Waals surface area contributed by atoms with Crippen LogP contribution in [0.5, 0.6) is 0 Å². The number of anilines is 1. The normalized spacial score (nSPS) is 21.2. The molecule has 0 saturated carbocycles. The third-order valence-electron chi connectivity index (χ3n) is 2.48. The van der Waals surface area contributed by atoms with Crippen molar-refractivity contribution < 1.29 is 13.3 Å². The van der Waals surface area contributed by atoms with Crippen molar-refractivity contribution in [1.29, 1.82) is 0 Å². The van der Waals surface area contributed by atoms with Crippen LogP contribution in [0.25, 0.3) is 0 Å². The molecular weight excluding hydrogens is 256 g/mol. The van der Waals surface area contributed by atoms with Crippen molar-refractivity contribution in [3.05, 3.63) is 32.8 Å². The van der Waals surface area contributed by atoms with E-state index in [1.54, 1.807) is 0 Å².